The summed E-state index contributed by atoms with van der Waals surface area (Å²) in [6.45, 7) is 2.35. The summed E-state index contributed by atoms with van der Waals surface area (Å²) in [7, 11) is 0. The van der Waals surface area contributed by atoms with Crippen molar-refractivity contribution in [2.75, 3.05) is 23.8 Å². The van der Waals surface area contributed by atoms with Gasteiger partial charge in [-0.25, -0.2) is 4.98 Å². The largest absolute Gasteiger partial charge is 0.376 e. The molecule has 136 valence electrons. The van der Waals surface area contributed by atoms with Gasteiger partial charge in [0.25, 0.3) is 0 Å². The van der Waals surface area contributed by atoms with Gasteiger partial charge < -0.3 is 15.4 Å². The van der Waals surface area contributed by atoms with Gasteiger partial charge in [-0.2, -0.15) is 0 Å². The maximum atomic E-state index is 5.69. The van der Waals surface area contributed by atoms with Crippen molar-refractivity contribution in [1.29, 1.82) is 0 Å². The molecular weight excluding hydrogens is 338 g/mol. The van der Waals surface area contributed by atoms with Crippen molar-refractivity contribution in [2.45, 2.75) is 25.5 Å². The first kappa shape index (κ1) is 16.2. The average Bonchev–Trinajstić information content (AvgIpc) is 3.36. The van der Waals surface area contributed by atoms with Crippen LogP contribution in [0.1, 0.15) is 24.1 Å². The van der Waals surface area contributed by atoms with Gasteiger partial charge in [-0.15, -0.1) is 0 Å². The van der Waals surface area contributed by atoms with Gasteiger partial charge in [0.1, 0.15) is 11.5 Å². The molecule has 0 bridgehead atoms. The number of amidine groups is 1. The number of aromatic nitrogens is 2. The minimum atomic E-state index is 0.288. The topological polar surface area (TPSA) is 71.4 Å². The van der Waals surface area contributed by atoms with E-state index in [1.807, 2.05) is 18.3 Å². The minimum absolute atomic E-state index is 0.288. The van der Waals surface area contributed by atoms with Crippen LogP contribution in [-0.4, -0.2) is 35.1 Å². The lowest BCUT2D eigenvalue weighted by Gasteiger charge is -2.14. The Balaban J connectivity index is 1.36. The molecule has 2 N–H and O–H groups in total. The van der Waals surface area contributed by atoms with Gasteiger partial charge in [0, 0.05) is 42.2 Å². The number of fused-ring (bicyclic) bond motifs is 2. The first-order valence-electron chi connectivity index (χ1n) is 9.37. The van der Waals surface area contributed by atoms with Crippen LogP contribution < -0.4 is 10.6 Å². The highest BCUT2D eigenvalue weighted by molar-refractivity contribution is 6.10. The Labute approximate surface area is 157 Å². The van der Waals surface area contributed by atoms with E-state index in [-0.39, 0.29) is 6.10 Å². The van der Waals surface area contributed by atoms with Crippen LogP contribution in [0.15, 0.2) is 53.8 Å². The van der Waals surface area contributed by atoms with E-state index >= 15 is 0 Å². The second-order valence-electron chi connectivity index (χ2n) is 6.91. The third-order valence-corrected chi connectivity index (χ3v) is 5.07. The molecule has 1 atom stereocenters. The van der Waals surface area contributed by atoms with Gasteiger partial charge in [0.15, 0.2) is 5.84 Å². The standard InChI is InChI=1S/C21H21N5O/c1-3-15-12-24-21(19(15)22-8-1)26-16-5-6-18-14(11-16)7-9-23-20(18)25-13-17-4-2-10-27-17/h1,3,5-9,11,17H,2,4,10,12-13H2,(H,23,25)(H,24,26)/t17-/m0/s1. The molecule has 0 radical (unpaired) electrons. The number of hydrogen-bond donors (Lipinski definition) is 2. The Bertz CT molecular complexity index is 1010. The molecule has 0 spiro atoms. The van der Waals surface area contributed by atoms with E-state index in [9.17, 15) is 0 Å². The fourth-order valence-electron chi connectivity index (χ4n) is 3.67. The van der Waals surface area contributed by atoms with Crippen molar-refractivity contribution in [3.63, 3.8) is 0 Å². The lowest BCUT2D eigenvalue weighted by molar-refractivity contribution is 0.120. The normalized spacial score (nSPS) is 18.4. The predicted molar refractivity (Wildman–Crippen MR) is 107 cm³/mol. The Morgan fingerprint density at radius 3 is 3.04 bits per heavy atom. The molecule has 4 heterocycles. The molecule has 1 saturated heterocycles. The molecule has 0 unspecified atom stereocenters. The molecule has 6 nitrogen and oxygen atoms in total. The van der Waals surface area contributed by atoms with Gasteiger partial charge >= 0.3 is 0 Å². The highest BCUT2D eigenvalue weighted by Gasteiger charge is 2.18. The average molecular weight is 359 g/mol. The molecule has 6 heteroatoms. The Kier molecular flexibility index (Phi) is 4.18. The van der Waals surface area contributed by atoms with Crippen LogP contribution >= 0.6 is 0 Å². The van der Waals surface area contributed by atoms with Gasteiger partial charge in [-0.1, -0.05) is 6.07 Å². The number of hydrogen-bond acceptors (Lipinski definition) is 6. The van der Waals surface area contributed by atoms with Gasteiger partial charge in [0.05, 0.1) is 12.6 Å². The summed E-state index contributed by atoms with van der Waals surface area (Å²) < 4.78 is 5.69. The summed E-state index contributed by atoms with van der Waals surface area (Å²) in [6.07, 6.45) is 6.19. The second-order valence-corrected chi connectivity index (χ2v) is 6.91. The zero-order valence-corrected chi connectivity index (χ0v) is 15.0. The van der Waals surface area contributed by atoms with Crippen LogP contribution in [0.2, 0.25) is 0 Å². The molecule has 2 aliphatic rings. The van der Waals surface area contributed by atoms with E-state index in [0.29, 0.717) is 6.54 Å². The van der Waals surface area contributed by atoms with Crippen molar-refractivity contribution in [2.24, 2.45) is 4.99 Å². The smallest absolute Gasteiger partial charge is 0.152 e. The van der Waals surface area contributed by atoms with E-state index in [1.54, 1.807) is 6.20 Å². The number of benzene rings is 1. The molecule has 3 aromatic rings. The predicted octanol–water partition coefficient (Wildman–Crippen LogP) is 3.59. The van der Waals surface area contributed by atoms with Crippen LogP contribution in [0.5, 0.6) is 0 Å². The molecule has 1 fully saturated rings. The zero-order valence-electron chi connectivity index (χ0n) is 15.0. The molecule has 2 aromatic heterocycles. The summed E-state index contributed by atoms with van der Waals surface area (Å²) in [5.41, 5.74) is 3.09. The second kappa shape index (κ2) is 6.96. The summed E-state index contributed by atoms with van der Waals surface area (Å²) in [5, 5.41) is 9.09. The quantitative estimate of drug-likeness (QED) is 0.745. The zero-order chi connectivity index (χ0) is 18.1. The third-order valence-electron chi connectivity index (χ3n) is 5.07. The van der Waals surface area contributed by atoms with E-state index < -0.39 is 0 Å². The summed E-state index contributed by atoms with van der Waals surface area (Å²) in [5.74, 6) is 1.73. The van der Waals surface area contributed by atoms with Crippen molar-refractivity contribution < 1.29 is 4.74 Å². The van der Waals surface area contributed by atoms with Crippen LogP contribution in [0.4, 0.5) is 11.5 Å². The van der Waals surface area contributed by atoms with Crippen molar-refractivity contribution in [1.82, 2.24) is 9.97 Å². The van der Waals surface area contributed by atoms with Crippen LogP contribution in [0.3, 0.4) is 0 Å². The lowest BCUT2D eigenvalue weighted by Crippen LogP contribution is -2.19. The maximum absolute atomic E-state index is 5.69. The van der Waals surface area contributed by atoms with Crippen molar-refractivity contribution in [3.8, 4) is 0 Å². The minimum Gasteiger partial charge on any atom is -0.376 e. The van der Waals surface area contributed by atoms with Crippen LogP contribution in [-0.2, 0) is 11.3 Å². The molecule has 27 heavy (non-hydrogen) atoms. The molecule has 1 aromatic carbocycles. The summed E-state index contributed by atoms with van der Waals surface area (Å²) in [6, 6.07) is 12.3. The highest BCUT2D eigenvalue weighted by atomic mass is 16.5. The van der Waals surface area contributed by atoms with Gasteiger partial charge in [0.2, 0.25) is 0 Å². The SMILES string of the molecule is c1cnc2c(c1)CN=C2Nc1ccc2c(NC[C@@H]3CCCO3)nccc2c1. The number of pyridine rings is 2. The third kappa shape index (κ3) is 3.24. The Morgan fingerprint density at radius 2 is 2.11 bits per heavy atom. The van der Waals surface area contributed by atoms with Crippen molar-refractivity contribution >= 4 is 28.1 Å². The van der Waals surface area contributed by atoms with Crippen molar-refractivity contribution in [3.05, 3.63) is 60.0 Å². The molecule has 0 amide bonds. The summed E-state index contributed by atoms with van der Waals surface area (Å²) >= 11 is 0. The number of nitrogens with one attached hydrogen (secondary N) is 2. The van der Waals surface area contributed by atoms with Crippen LogP contribution in [0, 0.1) is 0 Å². The first-order valence-corrected chi connectivity index (χ1v) is 9.37. The number of anilines is 2. The molecular formula is C21H21N5O. The summed E-state index contributed by atoms with van der Waals surface area (Å²) in [4.78, 5) is 13.5. The first-order chi connectivity index (χ1) is 13.4. The Hall–Kier alpha value is -2.99. The van der Waals surface area contributed by atoms with E-state index in [0.717, 1.165) is 65.4 Å². The fourth-order valence-corrected chi connectivity index (χ4v) is 3.67. The highest BCUT2D eigenvalue weighted by Crippen LogP contribution is 2.26. The monoisotopic (exact) mass is 359 g/mol. The molecule has 0 aliphatic carbocycles. The molecule has 2 aliphatic heterocycles. The van der Waals surface area contributed by atoms with E-state index in [4.69, 9.17) is 4.74 Å². The fraction of sp³-hybridized carbons (Fsp3) is 0.286. The number of rotatable bonds is 4. The molecule has 5 rings (SSSR count). The van der Waals surface area contributed by atoms with Gasteiger partial charge in [-0.05, 0) is 48.6 Å². The lowest BCUT2D eigenvalue weighted by atomic mass is 10.1. The number of ether oxygens (including phenoxy) is 1. The Morgan fingerprint density at radius 1 is 1.11 bits per heavy atom. The number of aliphatic imine (C=N–C) groups is 1. The van der Waals surface area contributed by atoms with E-state index in [1.165, 1.54) is 0 Å². The van der Waals surface area contributed by atoms with E-state index in [2.05, 4.69) is 49.9 Å². The number of nitrogens with zero attached hydrogens (tertiary/aromatic N) is 3. The maximum Gasteiger partial charge on any atom is 0.152 e. The molecule has 0 saturated carbocycles. The van der Waals surface area contributed by atoms with Crippen LogP contribution in [0.25, 0.3) is 10.8 Å². The van der Waals surface area contributed by atoms with Gasteiger partial charge in [-0.3, -0.25) is 9.98 Å².